The zero-order valence-electron chi connectivity index (χ0n) is 11.0. The summed E-state index contributed by atoms with van der Waals surface area (Å²) in [5.74, 6) is 1.01. The van der Waals surface area contributed by atoms with Gasteiger partial charge in [0.1, 0.15) is 5.00 Å². The maximum atomic E-state index is 12.2. The molecule has 0 amide bonds. The van der Waals surface area contributed by atoms with Crippen molar-refractivity contribution >= 4 is 27.8 Å². The van der Waals surface area contributed by atoms with E-state index in [9.17, 15) is 4.79 Å². The number of nitrogen functional groups attached to an aromatic ring is 1. The lowest BCUT2D eigenvalue weighted by molar-refractivity contribution is 0.0972. The summed E-state index contributed by atoms with van der Waals surface area (Å²) in [7, 11) is 1.60. The molecule has 0 bridgehead atoms. The summed E-state index contributed by atoms with van der Waals surface area (Å²) in [5, 5.41) is 0.965. The summed E-state index contributed by atoms with van der Waals surface area (Å²) >= 11 is 1.46. The van der Waals surface area contributed by atoms with Crippen molar-refractivity contribution in [2.45, 2.75) is 12.8 Å². The number of morpholine rings is 1. The zero-order valence-corrected chi connectivity index (χ0v) is 11.8. The molecule has 2 aliphatic rings. The molecule has 1 aromatic heterocycles. The van der Waals surface area contributed by atoms with Crippen LogP contribution >= 0.6 is 11.3 Å². The lowest BCUT2D eigenvalue weighted by Gasteiger charge is -2.27. The van der Waals surface area contributed by atoms with Gasteiger partial charge in [-0.3, -0.25) is 4.79 Å². The van der Waals surface area contributed by atoms with Crippen molar-refractivity contribution in [2.75, 3.05) is 44.0 Å². The zero-order chi connectivity index (χ0) is 13.4. The molecule has 1 aromatic rings. The predicted molar refractivity (Wildman–Crippen MR) is 75.4 cm³/mol. The van der Waals surface area contributed by atoms with Gasteiger partial charge in [0, 0.05) is 19.0 Å². The lowest BCUT2D eigenvalue weighted by Crippen LogP contribution is -2.35. The van der Waals surface area contributed by atoms with Crippen LogP contribution in [0, 0.1) is 5.92 Å². The Balaban J connectivity index is 1.93. The lowest BCUT2D eigenvalue weighted by atomic mass is 10.2. The highest BCUT2D eigenvalue weighted by Gasteiger charge is 2.35. The number of thiophene rings is 1. The van der Waals surface area contributed by atoms with E-state index in [2.05, 4.69) is 4.90 Å². The van der Waals surface area contributed by atoms with E-state index in [1.165, 1.54) is 11.3 Å². The van der Waals surface area contributed by atoms with Gasteiger partial charge in [-0.15, -0.1) is 11.3 Å². The second-order valence-electron chi connectivity index (χ2n) is 4.92. The summed E-state index contributed by atoms with van der Waals surface area (Å²) in [6.45, 7) is 3.03. The largest absolute Gasteiger partial charge is 0.492 e. The monoisotopic (exact) mass is 282 g/mol. The van der Waals surface area contributed by atoms with Crippen LogP contribution in [0.25, 0.3) is 0 Å². The first-order chi connectivity index (χ1) is 9.22. The number of carbonyl (C=O) groups excluding carboxylic acids is 1. The molecule has 6 heteroatoms. The molecule has 1 aliphatic heterocycles. The van der Waals surface area contributed by atoms with Crippen LogP contribution in [0.3, 0.4) is 0 Å². The highest BCUT2D eigenvalue weighted by Crippen LogP contribution is 2.47. The van der Waals surface area contributed by atoms with E-state index in [0.29, 0.717) is 29.5 Å². The average Bonchev–Trinajstić information content (AvgIpc) is 3.23. The summed E-state index contributed by atoms with van der Waals surface area (Å²) in [4.78, 5) is 15.1. The van der Waals surface area contributed by atoms with Crippen LogP contribution in [-0.2, 0) is 4.74 Å². The number of anilines is 2. The van der Waals surface area contributed by atoms with Crippen molar-refractivity contribution in [3.8, 4) is 5.75 Å². The van der Waals surface area contributed by atoms with Gasteiger partial charge in [-0.05, 0) is 12.8 Å². The fourth-order valence-corrected chi connectivity index (χ4v) is 3.56. The summed E-state index contributed by atoms with van der Waals surface area (Å²) in [6.07, 6.45) is 1.98. The molecule has 1 aliphatic carbocycles. The first kappa shape index (κ1) is 12.7. The van der Waals surface area contributed by atoms with E-state index in [0.717, 1.165) is 30.9 Å². The summed E-state index contributed by atoms with van der Waals surface area (Å²) < 4.78 is 10.8. The van der Waals surface area contributed by atoms with Crippen LogP contribution in [0.5, 0.6) is 5.75 Å². The molecule has 0 aromatic carbocycles. The van der Waals surface area contributed by atoms with Gasteiger partial charge in [-0.2, -0.15) is 0 Å². The van der Waals surface area contributed by atoms with Gasteiger partial charge < -0.3 is 20.1 Å². The maximum Gasteiger partial charge on any atom is 0.178 e. The Morgan fingerprint density at radius 3 is 2.68 bits per heavy atom. The smallest absolute Gasteiger partial charge is 0.178 e. The highest BCUT2D eigenvalue weighted by molar-refractivity contribution is 7.19. The predicted octanol–water partition coefficient (Wildman–Crippen LogP) is 1.77. The first-order valence-electron chi connectivity index (χ1n) is 6.55. The standard InChI is InChI=1S/C13H18N2O3S/c1-17-11-9(14)12(10(16)8-2-3-8)19-13(11)15-4-6-18-7-5-15/h8H,2-7,14H2,1H3. The number of nitrogens with two attached hydrogens (primary N) is 1. The minimum absolute atomic E-state index is 0.181. The molecule has 104 valence electrons. The Labute approximate surface area is 116 Å². The van der Waals surface area contributed by atoms with E-state index in [1.54, 1.807) is 7.11 Å². The maximum absolute atomic E-state index is 12.2. The fraction of sp³-hybridized carbons (Fsp3) is 0.615. The normalized spacial score (nSPS) is 19.5. The Hall–Kier alpha value is -1.27. The third-order valence-corrected chi connectivity index (χ3v) is 4.82. The molecule has 0 unspecified atom stereocenters. The van der Waals surface area contributed by atoms with Gasteiger partial charge >= 0.3 is 0 Å². The van der Waals surface area contributed by atoms with Crippen LogP contribution in [0.4, 0.5) is 10.7 Å². The molecular formula is C13H18N2O3S. The van der Waals surface area contributed by atoms with Crippen LogP contribution in [0.2, 0.25) is 0 Å². The van der Waals surface area contributed by atoms with Crippen molar-refractivity contribution in [3.05, 3.63) is 4.88 Å². The SMILES string of the molecule is COc1c(N2CCOCC2)sc(C(=O)C2CC2)c1N. The Morgan fingerprint density at radius 2 is 2.11 bits per heavy atom. The van der Waals surface area contributed by atoms with E-state index >= 15 is 0 Å². The molecular weight excluding hydrogens is 264 g/mol. The number of ether oxygens (including phenoxy) is 2. The van der Waals surface area contributed by atoms with Crippen molar-refractivity contribution in [1.29, 1.82) is 0 Å². The average molecular weight is 282 g/mol. The quantitative estimate of drug-likeness (QED) is 0.853. The van der Waals surface area contributed by atoms with Crippen molar-refractivity contribution < 1.29 is 14.3 Å². The van der Waals surface area contributed by atoms with Gasteiger partial charge in [-0.25, -0.2) is 0 Å². The van der Waals surface area contributed by atoms with Crippen molar-refractivity contribution in [1.82, 2.24) is 0 Å². The summed E-state index contributed by atoms with van der Waals surface area (Å²) in [6, 6.07) is 0. The number of hydrogen-bond acceptors (Lipinski definition) is 6. The highest BCUT2D eigenvalue weighted by atomic mass is 32.1. The Morgan fingerprint density at radius 1 is 1.42 bits per heavy atom. The van der Waals surface area contributed by atoms with Crippen LogP contribution < -0.4 is 15.4 Å². The van der Waals surface area contributed by atoms with Crippen molar-refractivity contribution in [3.63, 3.8) is 0 Å². The molecule has 2 N–H and O–H groups in total. The molecule has 2 fully saturated rings. The first-order valence-corrected chi connectivity index (χ1v) is 7.37. The molecule has 2 heterocycles. The molecule has 0 spiro atoms. The molecule has 0 atom stereocenters. The third kappa shape index (κ3) is 2.30. The van der Waals surface area contributed by atoms with E-state index in [1.807, 2.05) is 0 Å². The van der Waals surface area contributed by atoms with E-state index in [4.69, 9.17) is 15.2 Å². The molecule has 1 saturated heterocycles. The van der Waals surface area contributed by atoms with Crippen LogP contribution in [0.1, 0.15) is 22.5 Å². The third-order valence-electron chi connectivity index (χ3n) is 3.56. The second-order valence-corrected chi connectivity index (χ2v) is 5.92. The van der Waals surface area contributed by atoms with E-state index < -0.39 is 0 Å². The Kier molecular flexibility index (Phi) is 3.36. The molecule has 0 radical (unpaired) electrons. The molecule has 19 heavy (non-hydrogen) atoms. The number of ketones is 1. The number of rotatable bonds is 4. The van der Waals surface area contributed by atoms with Gasteiger partial charge in [0.25, 0.3) is 0 Å². The number of methoxy groups -OCH3 is 1. The van der Waals surface area contributed by atoms with Crippen LogP contribution in [0.15, 0.2) is 0 Å². The van der Waals surface area contributed by atoms with Gasteiger partial charge in [0.2, 0.25) is 0 Å². The van der Waals surface area contributed by atoms with Gasteiger partial charge in [-0.1, -0.05) is 0 Å². The second kappa shape index (κ2) is 5.02. The number of nitrogens with zero attached hydrogens (tertiary/aromatic N) is 1. The minimum Gasteiger partial charge on any atom is -0.492 e. The number of hydrogen-bond donors (Lipinski definition) is 1. The van der Waals surface area contributed by atoms with E-state index in [-0.39, 0.29) is 11.7 Å². The van der Waals surface area contributed by atoms with Crippen molar-refractivity contribution in [2.24, 2.45) is 5.92 Å². The number of carbonyl (C=O) groups is 1. The topological polar surface area (TPSA) is 64.8 Å². The minimum atomic E-state index is 0.181. The molecule has 3 rings (SSSR count). The summed E-state index contributed by atoms with van der Waals surface area (Å²) in [5.41, 5.74) is 6.60. The van der Waals surface area contributed by atoms with Gasteiger partial charge in [0.05, 0.1) is 30.9 Å². The Bertz CT molecular complexity index is 490. The molecule has 1 saturated carbocycles. The fourth-order valence-electron chi connectivity index (χ4n) is 2.30. The molecule has 5 nitrogen and oxygen atoms in total. The number of Topliss-reactive ketones (excluding diaryl/α,β-unsaturated/α-hetero) is 1. The van der Waals surface area contributed by atoms with Crippen LogP contribution in [-0.4, -0.2) is 39.2 Å². The van der Waals surface area contributed by atoms with Gasteiger partial charge in [0.15, 0.2) is 11.5 Å².